The number of nitrogens with one attached hydrogen (secondary N) is 1. The highest BCUT2D eigenvalue weighted by Gasteiger charge is 2.44. The van der Waals surface area contributed by atoms with Crippen LogP contribution in [0.15, 0.2) is 29.4 Å². The van der Waals surface area contributed by atoms with Gasteiger partial charge in [0.05, 0.1) is 37.0 Å². The summed E-state index contributed by atoms with van der Waals surface area (Å²) in [6.07, 6.45) is 0. The Morgan fingerprint density at radius 1 is 1.07 bits per heavy atom. The Kier molecular flexibility index (Phi) is 7.20. The molecular formula is C17H27N6O5P. The van der Waals surface area contributed by atoms with Crippen molar-refractivity contribution in [1.82, 2.24) is 14.2 Å². The fourth-order valence-electron chi connectivity index (χ4n) is 3.28. The number of ether oxygens (including phenoxy) is 2. The zero-order valence-electron chi connectivity index (χ0n) is 16.7. The maximum absolute atomic E-state index is 14.5. The molecule has 2 saturated heterocycles. The zero-order valence-corrected chi connectivity index (χ0v) is 17.6. The molecule has 0 spiro atoms. The van der Waals surface area contributed by atoms with Gasteiger partial charge in [-0.2, -0.15) is 5.10 Å². The van der Waals surface area contributed by atoms with Crippen LogP contribution >= 0.6 is 7.44 Å². The van der Waals surface area contributed by atoms with Crippen molar-refractivity contribution in [2.24, 2.45) is 5.10 Å². The minimum Gasteiger partial charge on any atom is -0.379 e. The number of anilines is 1. The summed E-state index contributed by atoms with van der Waals surface area (Å²) in [7, 11) is 0.432. The largest absolute Gasteiger partial charge is 0.379 e. The van der Waals surface area contributed by atoms with Gasteiger partial charge in [0.15, 0.2) is 0 Å². The molecule has 0 unspecified atom stereocenters. The molecule has 29 heavy (non-hydrogen) atoms. The molecule has 2 aliphatic rings. The Balaban J connectivity index is 1.91. The summed E-state index contributed by atoms with van der Waals surface area (Å²) < 4.78 is 29.3. The zero-order chi connectivity index (χ0) is 20.9. The van der Waals surface area contributed by atoms with Gasteiger partial charge in [0, 0.05) is 52.4 Å². The van der Waals surface area contributed by atoms with Crippen LogP contribution in [0.1, 0.15) is 0 Å². The van der Waals surface area contributed by atoms with E-state index in [1.165, 1.54) is 12.1 Å². The molecule has 1 N–H and O–H groups in total. The monoisotopic (exact) mass is 426 g/mol. The molecule has 0 radical (unpaired) electrons. The lowest BCUT2D eigenvalue weighted by atomic mass is 10.3. The first-order chi connectivity index (χ1) is 13.9. The smallest absolute Gasteiger partial charge is 0.282 e. The summed E-state index contributed by atoms with van der Waals surface area (Å²) in [5.74, 6) is 0. The number of rotatable bonds is 6. The Labute approximate surface area is 169 Å². The molecule has 0 atom stereocenters. The lowest BCUT2D eigenvalue weighted by Crippen LogP contribution is -2.47. The van der Waals surface area contributed by atoms with Crippen molar-refractivity contribution in [2.75, 3.05) is 72.1 Å². The number of amidine groups is 1. The van der Waals surface area contributed by atoms with Gasteiger partial charge >= 0.3 is 0 Å². The average molecular weight is 426 g/mol. The standard InChI is InChI=1S/C17H27N6O5P/c1-20(2)17(19-18-15-3-5-16(6-4-15)23(24)25)29(26,21-7-11-27-12-8-21)22-9-13-28-14-10-22/h3-6,18H,7-14H2,1-2H3. The maximum atomic E-state index is 14.5. The summed E-state index contributed by atoms with van der Waals surface area (Å²) >= 11 is 0. The Morgan fingerprint density at radius 2 is 1.55 bits per heavy atom. The highest BCUT2D eigenvalue weighted by atomic mass is 31.2. The van der Waals surface area contributed by atoms with Crippen molar-refractivity contribution in [1.29, 1.82) is 0 Å². The van der Waals surface area contributed by atoms with E-state index in [0.717, 1.165) is 0 Å². The van der Waals surface area contributed by atoms with Crippen molar-refractivity contribution in [3.05, 3.63) is 34.4 Å². The number of hydrogen-bond donors (Lipinski definition) is 1. The second-order valence-corrected chi connectivity index (χ2v) is 9.52. The van der Waals surface area contributed by atoms with E-state index >= 15 is 0 Å². The topological polar surface area (TPSA) is 113 Å². The second-order valence-electron chi connectivity index (χ2n) is 6.90. The maximum Gasteiger partial charge on any atom is 0.282 e. The first kappa shape index (κ1) is 21.7. The summed E-state index contributed by atoms with van der Waals surface area (Å²) in [5.41, 5.74) is 3.90. The molecule has 0 aliphatic carbocycles. The summed E-state index contributed by atoms with van der Waals surface area (Å²) in [6.45, 7) is 4.29. The minimum atomic E-state index is -3.19. The van der Waals surface area contributed by atoms with E-state index in [4.69, 9.17) is 9.47 Å². The number of nitrogens with zero attached hydrogens (tertiary/aromatic N) is 5. The quantitative estimate of drug-likeness (QED) is 0.239. The molecule has 12 heteroatoms. The predicted molar refractivity (Wildman–Crippen MR) is 110 cm³/mol. The third-order valence-electron chi connectivity index (χ3n) is 4.77. The number of morpholine rings is 2. The molecule has 1 aromatic rings. The van der Waals surface area contributed by atoms with Crippen molar-refractivity contribution in [3.8, 4) is 0 Å². The lowest BCUT2D eigenvalue weighted by molar-refractivity contribution is -0.384. The van der Waals surface area contributed by atoms with Crippen LogP contribution in [0, 0.1) is 10.1 Å². The van der Waals surface area contributed by atoms with E-state index in [0.29, 0.717) is 63.9 Å². The third kappa shape index (κ3) is 4.93. The van der Waals surface area contributed by atoms with Gasteiger partial charge in [-0.05, 0) is 12.1 Å². The van der Waals surface area contributed by atoms with Gasteiger partial charge in [-0.3, -0.25) is 20.1 Å². The molecule has 0 saturated carbocycles. The van der Waals surface area contributed by atoms with Crippen LogP contribution in [-0.4, -0.2) is 91.4 Å². The Bertz CT molecular complexity index is 753. The van der Waals surface area contributed by atoms with Crippen LogP contribution in [0.3, 0.4) is 0 Å². The van der Waals surface area contributed by atoms with Crippen LogP contribution in [0.25, 0.3) is 0 Å². The van der Waals surface area contributed by atoms with Crippen LogP contribution < -0.4 is 5.43 Å². The molecule has 160 valence electrons. The molecule has 3 rings (SSSR count). The normalized spacial score (nSPS) is 19.7. The van der Waals surface area contributed by atoms with Crippen molar-refractivity contribution >= 4 is 24.4 Å². The van der Waals surface area contributed by atoms with E-state index in [1.807, 2.05) is 23.4 Å². The molecule has 0 amide bonds. The van der Waals surface area contributed by atoms with Gasteiger partial charge in [0.25, 0.3) is 13.1 Å². The predicted octanol–water partition coefficient (Wildman–Crippen LogP) is 1.70. The van der Waals surface area contributed by atoms with E-state index in [1.54, 1.807) is 17.0 Å². The van der Waals surface area contributed by atoms with Crippen LogP contribution in [-0.2, 0) is 14.0 Å². The molecule has 11 nitrogen and oxygen atoms in total. The van der Waals surface area contributed by atoms with Crippen LogP contribution in [0.5, 0.6) is 0 Å². The Hall–Kier alpha value is -2.04. The highest BCUT2D eigenvalue weighted by Crippen LogP contribution is 2.55. The van der Waals surface area contributed by atoms with Gasteiger partial charge in [0.1, 0.15) is 0 Å². The first-order valence-electron chi connectivity index (χ1n) is 9.45. The van der Waals surface area contributed by atoms with E-state index < -0.39 is 12.4 Å². The SMILES string of the molecule is CN(C)C(=NNc1ccc([N+](=O)[O-])cc1)P(=O)(N1CCOCC1)N1CCOCC1. The number of benzene rings is 1. The summed E-state index contributed by atoms with van der Waals surface area (Å²) in [6, 6.07) is 5.94. The minimum absolute atomic E-state index is 0.000308. The number of hydrogen-bond acceptors (Lipinski definition) is 7. The van der Waals surface area contributed by atoms with Gasteiger partial charge in [-0.15, -0.1) is 0 Å². The molecule has 0 aromatic heterocycles. The third-order valence-corrected chi connectivity index (χ3v) is 8.12. The summed E-state index contributed by atoms with van der Waals surface area (Å²) in [4.78, 5) is 12.1. The van der Waals surface area contributed by atoms with Gasteiger partial charge in [-0.1, -0.05) is 0 Å². The van der Waals surface area contributed by atoms with Crippen molar-refractivity contribution in [3.63, 3.8) is 0 Å². The Morgan fingerprint density at radius 3 is 1.97 bits per heavy atom. The van der Waals surface area contributed by atoms with Crippen LogP contribution in [0.4, 0.5) is 11.4 Å². The van der Waals surface area contributed by atoms with E-state index in [-0.39, 0.29) is 5.69 Å². The molecular weight excluding hydrogens is 399 g/mol. The van der Waals surface area contributed by atoms with Gasteiger partial charge in [0.2, 0.25) is 5.58 Å². The van der Waals surface area contributed by atoms with Crippen LogP contribution in [0.2, 0.25) is 0 Å². The number of hydrazone groups is 1. The first-order valence-corrected chi connectivity index (χ1v) is 11.1. The van der Waals surface area contributed by atoms with E-state index in [2.05, 4.69) is 10.5 Å². The highest BCUT2D eigenvalue weighted by molar-refractivity contribution is 7.76. The molecule has 1 aromatic carbocycles. The summed E-state index contributed by atoms with van der Waals surface area (Å²) in [5, 5.41) is 15.3. The fourth-order valence-corrected chi connectivity index (χ4v) is 6.26. The van der Waals surface area contributed by atoms with Crippen molar-refractivity contribution in [2.45, 2.75) is 0 Å². The average Bonchev–Trinajstić information content (AvgIpc) is 2.75. The van der Waals surface area contributed by atoms with Crippen molar-refractivity contribution < 1.29 is 19.0 Å². The van der Waals surface area contributed by atoms with Gasteiger partial charge < -0.3 is 14.4 Å². The molecule has 2 aliphatic heterocycles. The molecule has 2 heterocycles. The molecule has 2 fully saturated rings. The second kappa shape index (κ2) is 9.64. The number of nitro benzene ring substituents is 1. The number of nitro groups is 1. The lowest BCUT2D eigenvalue weighted by Gasteiger charge is -2.43. The van der Waals surface area contributed by atoms with E-state index in [9.17, 15) is 14.7 Å². The fraction of sp³-hybridized carbons (Fsp3) is 0.588. The molecule has 0 bridgehead atoms. The number of non-ortho nitro benzene ring substituents is 1. The van der Waals surface area contributed by atoms with Gasteiger partial charge in [-0.25, -0.2) is 9.34 Å².